The first-order chi connectivity index (χ1) is 5.66. The van der Waals surface area contributed by atoms with Crippen molar-refractivity contribution in [3.8, 4) is 0 Å². The maximum atomic E-state index is 4.18. The van der Waals surface area contributed by atoms with Gasteiger partial charge in [-0.25, -0.2) is 0 Å². The Balaban J connectivity index is 3.11. The van der Waals surface area contributed by atoms with Crippen LogP contribution >= 0.6 is 45.2 Å². The summed E-state index contributed by atoms with van der Waals surface area (Å²) in [5, 5.41) is 7.12. The molecule has 4 heteroatoms. The van der Waals surface area contributed by atoms with E-state index in [1.165, 1.54) is 3.57 Å². The standard InChI is InChI=1S/C8H8I2N2/c1-3-4-6(9)8-7(10)5(2)11-12-8/h3-4H,1H2,2H3,(H,11,12)/b6-4-. The molecule has 0 saturated heterocycles. The summed E-state index contributed by atoms with van der Waals surface area (Å²) in [6.45, 7) is 5.65. The highest BCUT2D eigenvalue weighted by molar-refractivity contribution is 14.1. The van der Waals surface area contributed by atoms with Gasteiger partial charge in [0.1, 0.15) is 5.69 Å². The summed E-state index contributed by atoms with van der Waals surface area (Å²) < 4.78 is 2.28. The smallest absolute Gasteiger partial charge is 0.112 e. The van der Waals surface area contributed by atoms with Crippen molar-refractivity contribution in [3.63, 3.8) is 0 Å². The number of nitrogens with one attached hydrogen (secondary N) is 1. The molecule has 0 aliphatic rings. The first-order valence-electron chi connectivity index (χ1n) is 3.36. The number of rotatable bonds is 2. The van der Waals surface area contributed by atoms with Gasteiger partial charge in [0, 0.05) is 9.27 Å². The van der Waals surface area contributed by atoms with E-state index in [0.29, 0.717) is 0 Å². The van der Waals surface area contributed by atoms with Gasteiger partial charge in [-0.3, -0.25) is 5.10 Å². The highest BCUT2D eigenvalue weighted by Crippen LogP contribution is 2.25. The van der Waals surface area contributed by atoms with Crippen LogP contribution in [0.15, 0.2) is 18.7 Å². The van der Waals surface area contributed by atoms with Crippen molar-refractivity contribution < 1.29 is 0 Å². The van der Waals surface area contributed by atoms with Gasteiger partial charge in [-0.05, 0) is 58.2 Å². The number of H-pyrrole nitrogens is 1. The predicted octanol–water partition coefficient (Wildman–Crippen LogP) is 3.28. The Bertz CT molecular complexity index is 326. The fourth-order valence-electron chi connectivity index (χ4n) is 0.756. The lowest BCUT2D eigenvalue weighted by atomic mass is 10.3. The SMILES string of the molecule is C=C/C=C(\I)c1n[nH]c(C)c1I. The van der Waals surface area contributed by atoms with Gasteiger partial charge >= 0.3 is 0 Å². The molecule has 0 spiro atoms. The number of allylic oxidation sites excluding steroid dienone is 2. The van der Waals surface area contributed by atoms with Crippen molar-refractivity contribution >= 4 is 48.8 Å². The minimum atomic E-state index is 1.01. The van der Waals surface area contributed by atoms with E-state index in [4.69, 9.17) is 0 Å². The molecule has 0 aromatic carbocycles. The maximum absolute atomic E-state index is 4.18. The Kier molecular flexibility index (Phi) is 3.76. The second-order valence-corrected chi connectivity index (χ2v) is 4.50. The molecule has 0 radical (unpaired) electrons. The molecule has 64 valence electrons. The van der Waals surface area contributed by atoms with Crippen LogP contribution in [-0.4, -0.2) is 10.2 Å². The van der Waals surface area contributed by atoms with Crippen molar-refractivity contribution in [3.05, 3.63) is 33.7 Å². The second-order valence-electron chi connectivity index (χ2n) is 2.26. The number of aromatic nitrogens is 2. The molecule has 0 bridgehead atoms. The van der Waals surface area contributed by atoms with Gasteiger partial charge in [-0.1, -0.05) is 12.7 Å². The number of hydrogen-bond donors (Lipinski definition) is 1. The van der Waals surface area contributed by atoms with E-state index in [0.717, 1.165) is 15.0 Å². The summed E-state index contributed by atoms with van der Waals surface area (Å²) in [6, 6.07) is 0. The van der Waals surface area contributed by atoms with Crippen molar-refractivity contribution in [1.82, 2.24) is 10.2 Å². The molecular formula is C8H8I2N2. The molecule has 0 unspecified atom stereocenters. The first-order valence-corrected chi connectivity index (χ1v) is 5.51. The molecule has 0 aliphatic carbocycles. The van der Waals surface area contributed by atoms with Crippen LogP contribution in [0, 0.1) is 10.5 Å². The molecule has 2 nitrogen and oxygen atoms in total. The van der Waals surface area contributed by atoms with Crippen molar-refractivity contribution in [2.75, 3.05) is 0 Å². The molecule has 1 aromatic rings. The normalized spacial score (nSPS) is 11.8. The van der Waals surface area contributed by atoms with Crippen LogP contribution in [0.4, 0.5) is 0 Å². The van der Waals surface area contributed by atoms with Gasteiger partial charge in [0.2, 0.25) is 0 Å². The van der Waals surface area contributed by atoms with E-state index < -0.39 is 0 Å². The summed E-state index contributed by atoms with van der Waals surface area (Å²) in [4.78, 5) is 0. The van der Waals surface area contributed by atoms with E-state index in [1.54, 1.807) is 6.08 Å². The summed E-state index contributed by atoms with van der Waals surface area (Å²) in [5.41, 5.74) is 2.12. The zero-order valence-corrected chi connectivity index (χ0v) is 10.9. The second kappa shape index (κ2) is 4.40. The minimum absolute atomic E-state index is 1.01. The van der Waals surface area contributed by atoms with Crippen LogP contribution in [-0.2, 0) is 0 Å². The third-order valence-corrected chi connectivity index (χ3v) is 3.55. The van der Waals surface area contributed by atoms with E-state index in [2.05, 4.69) is 62.0 Å². The lowest BCUT2D eigenvalue weighted by molar-refractivity contribution is 1.04. The van der Waals surface area contributed by atoms with Gasteiger partial charge in [-0.2, -0.15) is 5.10 Å². The van der Waals surface area contributed by atoms with Gasteiger partial charge in [0.15, 0.2) is 0 Å². The molecule has 0 fully saturated rings. The van der Waals surface area contributed by atoms with Crippen molar-refractivity contribution in [2.24, 2.45) is 0 Å². The Labute approximate surface area is 98.8 Å². The monoisotopic (exact) mass is 386 g/mol. The fourth-order valence-corrected chi connectivity index (χ4v) is 2.45. The lowest BCUT2D eigenvalue weighted by Crippen LogP contribution is -1.79. The molecule has 0 aliphatic heterocycles. The van der Waals surface area contributed by atoms with E-state index in [-0.39, 0.29) is 0 Å². The molecule has 0 atom stereocenters. The highest BCUT2D eigenvalue weighted by atomic mass is 127. The van der Waals surface area contributed by atoms with E-state index >= 15 is 0 Å². The Morgan fingerprint density at radius 3 is 2.75 bits per heavy atom. The molecule has 0 saturated carbocycles. The third-order valence-electron chi connectivity index (χ3n) is 1.36. The Morgan fingerprint density at radius 2 is 2.33 bits per heavy atom. The number of halogens is 2. The van der Waals surface area contributed by atoms with Crippen LogP contribution in [0.5, 0.6) is 0 Å². The zero-order valence-electron chi connectivity index (χ0n) is 6.56. The van der Waals surface area contributed by atoms with Gasteiger partial charge in [-0.15, -0.1) is 0 Å². The number of aromatic amines is 1. The summed E-state index contributed by atoms with van der Waals surface area (Å²) >= 11 is 4.53. The van der Waals surface area contributed by atoms with E-state index in [9.17, 15) is 0 Å². The molecular weight excluding hydrogens is 378 g/mol. The van der Waals surface area contributed by atoms with Crippen LogP contribution in [0.2, 0.25) is 0 Å². The van der Waals surface area contributed by atoms with Gasteiger partial charge in [0.25, 0.3) is 0 Å². The topological polar surface area (TPSA) is 28.7 Å². The number of nitrogens with zero attached hydrogens (tertiary/aromatic N) is 1. The molecule has 12 heavy (non-hydrogen) atoms. The minimum Gasteiger partial charge on any atom is -0.281 e. The molecule has 1 N–H and O–H groups in total. The van der Waals surface area contributed by atoms with Crippen LogP contribution in [0.25, 0.3) is 3.58 Å². The average Bonchev–Trinajstić information content (AvgIpc) is 2.34. The number of hydrogen-bond acceptors (Lipinski definition) is 1. The highest BCUT2D eigenvalue weighted by Gasteiger charge is 2.08. The average molecular weight is 386 g/mol. The fraction of sp³-hybridized carbons (Fsp3) is 0.125. The third kappa shape index (κ3) is 2.09. The molecule has 1 heterocycles. The van der Waals surface area contributed by atoms with E-state index in [1.807, 2.05) is 13.0 Å². The van der Waals surface area contributed by atoms with Crippen LogP contribution in [0.3, 0.4) is 0 Å². The number of aryl methyl sites for hydroxylation is 1. The summed E-state index contributed by atoms with van der Waals surface area (Å²) in [7, 11) is 0. The lowest BCUT2D eigenvalue weighted by Gasteiger charge is -1.92. The Morgan fingerprint density at radius 1 is 1.67 bits per heavy atom. The van der Waals surface area contributed by atoms with Crippen LogP contribution < -0.4 is 0 Å². The molecule has 1 aromatic heterocycles. The molecule has 1 rings (SSSR count). The maximum Gasteiger partial charge on any atom is 0.112 e. The van der Waals surface area contributed by atoms with Crippen molar-refractivity contribution in [1.29, 1.82) is 0 Å². The van der Waals surface area contributed by atoms with Gasteiger partial charge in [0.05, 0.1) is 3.57 Å². The predicted molar refractivity (Wildman–Crippen MR) is 68.2 cm³/mol. The van der Waals surface area contributed by atoms with Crippen molar-refractivity contribution in [2.45, 2.75) is 6.92 Å². The van der Waals surface area contributed by atoms with Gasteiger partial charge < -0.3 is 0 Å². The Hall–Kier alpha value is 0.150. The quantitative estimate of drug-likeness (QED) is 0.614. The molecule has 0 amide bonds. The van der Waals surface area contributed by atoms with Crippen LogP contribution in [0.1, 0.15) is 11.4 Å². The summed E-state index contributed by atoms with van der Waals surface area (Å²) in [6.07, 6.45) is 3.71. The largest absolute Gasteiger partial charge is 0.281 e. The zero-order chi connectivity index (χ0) is 9.14. The summed E-state index contributed by atoms with van der Waals surface area (Å²) in [5.74, 6) is 0. The first kappa shape index (κ1) is 10.2.